The Hall–Kier alpha value is -4.21. The van der Waals surface area contributed by atoms with Crippen LogP contribution in [0.1, 0.15) is 28.9 Å². The molecule has 176 valence electrons. The monoisotopic (exact) mass is 466 g/mol. The summed E-state index contributed by atoms with van der Waals surface area (Å²) in [5, 5.41) is 14.1. The molecule has 0 radical (unpaired) electrons. The van der Waals surface area contributed by atoms with Gasteiger partial charge in [0.15, 0.2) is 0 Å². The Labute approximate surface area is 194 Å². The van der Waals surface area contributed by atoms with E-state index in [2.05, 4.69) is 15.6 Å². The summed E-state index contributed by atoms with van der Waals surface area (Å²) in [6, 6.07) is 5.56. The van der Waals surface area contributed by atoms with Crippen LogP contribution in [0.25, 0.3) is 17.0 Å². The highest BCUT2D eigenvalue weighted by Crippen LogP contribution is 2.28. The molecule has 9 nitrogen and oxygen atoms in total. The minimum atomic E-state index is -1.27. The fourth-order valence-electron chi connectivity index (χ4n) is 3.89. The first kappa shape index (κ1) is 23.0. The van der Waals surface area contributed by atoms with Gasteiger partial charge < -0.3 is 25.1 Å². The van der Waals surface area contributed by atoms with Crippen molar-refractivity contribution in [3.63, 3.8) is 0 Å². The Morgan fingerprint density at radius 2 is 2.21 bits per heavy atom. The Kier molecular flexibility index (Phi) is 6.31. The topological polar surface area (TPSA) is 125 Å². The molecule has 10 heteroatoms. The predicted octanol–water partition coefficient (Wildman–Crippen LogP) is 3.47. The standard InChI is InChI=1S/C24H23FN4O5/c1-13-19(34-18-5-3-4-16(25)21(13)18)12-29(2)20(30)9-6-14-10-15-7-8-17(27-24(32)33)23(31)28-22(15)26-11-14/h3-6,9-11,17,27H,7-8,12H2,1-2H3,(H,32,33)(H,26,28,31)/b9-6+/t17-/m0/s1. The lowest BCUT2D eigenvalue weighted by molar-refractivity contribution is -0.125. The number of halogens is 1. The number of amides is 3. The number of nitrogens with one attached hydrogen (secondary N) is 2. The number of rotatable bonds is 5. The molecule has 0 saturated carbocycles. The first-order chi connectivity index (χ1) is 16.2. The van der Waals surface area contributed by atoms with E-state index in [0.717, 1.165) is 5.56 Å². The van der Waals surface area contributed by atoms with Crippen LogP contribution in [0.5, 0.6) is 0 Å². The number of aromatic nitrogens is 1. The van der Waals surface area contributed by atoms with Gasteiger partial charge >= 0.3 is 6.09 Å². The van der Waals surface area contributed by atoms with Gasteiger partial charge in [-0.2, -0.15) is 0 Å². The van der Waals surface area contributed by atoms with E-state index in [1.54, 1.807) is 38.2 Å². The van der Waals surface area contributed by atoms with Crippen LogP contribution in [0.15, 0.2) is 41.0 Å². The number of hydrogen-bond acceptors (Lipinski definition) is 5. The second-order valence-corrected chi connectivity index (χ2v) is 8.10. The summed E-state index contributed by atoms with van der Waals surface area (Å²) >= 11 is 0. The van der Waals surface area contributed by atoms with Gasteiger partial charge in [0.05, 0.1) is 11.9 Å². The molecule has 1 aromatic carbocycles. The van der Waals surface area contributed by atoms with Crippen molar-refractivity contribution in [2.75, 3.05) is 12.4 Å². The van der Waals surface area contributed by atoms with Crippen LogP contribution in [0.4, 0.5) is 15.0 Å². The minimum Gasteiger partial charge on any atom is -0.465 e. The molecule has 3 amide bonds. The van der Waals surface area contributed by atoms with Gasteiger partial charge in [-0.3, -0.25) is 9.59 Å². The number of carboxylic acid groups (broad SMARTS) is 1. The number of benzene rings is 1. The normalized spacial score (nSPS) is 15.6. The molecule has 0 aliphatic carbocycles. The van der Waals surface area contributed by atoms with Crippen LogP contribution in [-0.2, 0) is 22.6 Å². The first-order valence-corrected chi connectivity index (χ1v) is 10.6. The van der Waals surface area contributed by atoms with Crippen LogP contribution in [0, 0.1) is 12.7 Å². The molecule has 0 saturated heterocycles. The highest BCUT2D eigenvalue weighted by Gasteiger charge is 2.25. The van der Waals surface area contributed by atoms with Crippen LogP contribution in [0.2, 0.25) is 0 Å². The zero-order valence-corrected chi connectivity index (χ0v) is 18.6. The van der Waals surface area contributed by atoms with Crippen LogP contribution in [0.3, 0.4) is 0 Å². The summed E-state index contributed by atoms with van der Waals surface area (Å²) < 4.78 is 19.8. The fourth-order valence-corrected chi connectivity index (χ4v) is 3.89. The van der Waals surface area contributed by atoms with E-state index in [0.29, 0.717) is 46.5 Å². The highest BCUT2D eigenvalue weighted by molar-refractivity contribution is 5.97. The van der Waals surface area contributed by atoms with E-state index in [4.69, 9.17) is 9.52 Å². The maximum absolute atomic E-state index is 14.1. The molecule has 1 atom stereocenters. The number of hydrogen-bond donors (Lipinski definition) is 3. The molecule has 4 rings (SSSR count). The molecule has 3 aromatic rings. The van der Waals surface area contributed by atoms with Crippen molar-refractivity contribution >= 4 is 40.8 Å². The Morgan fingerprint density at radius 1 is 1.41 bits per heavy atom. The Morgan fingerprint density at radius 3 is 2.94 bits per heavy atom. The first-order valence-electron chi connectivity index (χ1n) is 10.6. The van der Waals surface area contributed by atoms with Gasteiger partial charge in [0.2, 0.25) is 11.8 Å². The number of aryl methyl sites for hydroxylation is 2. The van der Waals surface area contributed by atoms with Crippen LogP contribution in [-0.4, -0.2) is 46.0 Å². The van der Waals surface area contributed by atoms with Crippen molar-refractivity contribution < 1.29 is 28.3 Å². The third-order valence-corrected chi connectivity index (χ3v) is 5.72. The quantitative estimate of drug-likeness (QED) is 0.495. The summed E-state index contributed by atoms with van der Waals surface area (Å²) in [5.41, 5.74) is 2.49. The number of fused-ring (bicyclic) bond motifs is 2. The van der Waals surface area contributed by atoms with Gasteiger partial charge in [0.1, 0.15) is 29.0 Å². The van der Waals surface area contributed by atoms with E-state index in [9.17, 15) is 18.8 Å². The maximum atomic E-state index is 14.1. The maximum Gasteiger partial charge on any atom is 0.405 e. The summed E-state index contributed by atoms with van der Waals surface area (Å²) in [7, 11) is 1.62. The average molecular weight is 466 g/mol. The average Bonchev–Trinajstić information content (AvgIpc) is 3.02. The smallest absolute Gasteiger partial charge is 0.405 e. The SMILES string of the molecule is Cc1c(CN(C)C(=O)/C=C/c2cnc3c(c2)CC[C@H](NC(=O)O)C(=O)N3)oc2cccc(F)c12. The highest BCUT2D eigenvalue weighted by atomic mass is 19.1. The third-order valence-electron chi connectivity index (χ3n) is 5.72. The lowest BCUT2D eigenvalue weighted by atomic mass is 10.1. The summed E-state index contributed by atoms with van der Waals surface area (Å²) in [6.45, 7) is 1.94. The van der Waals surface area contributed by atoms with E-state index in [1.807, 2.05) is 0 Å². The molecule has 0 unspecified atom stereocenters. The van der Waals surface area contributed by atoms with Gasteiger partial charge in [-0.1, -0.05) is 6.07 Å². The largest absolute Gasteiger partial charge is 0.465 e. The number of carbonyl (C=O) groups excluding carboxylic acids is 2. The number of furan rings is 1. The lowest BCUT2D eigenvalue weighted by Gasteiger charge is -2.14. The van der Waals surface area contributed by atoms with Crippen molar-refractivity contribution in [1.82, 2.24) is 15.2 Å². The van der Waals surface area contributed by atoms with E-state index in [-0.39, 0.29) is 18.3 Å². The zero-order valence-electron chi connectivity index (χ0n) is 18.6. The van der Waals surface area contributed by atoms with Gasteiger partial charge in [0, 0.05) is 24.9 Å². The van der Waals surface area contributed by atoms with Gasteiger partial charge in [-0.15, -0.1) is 0 Å². The second kappa shape index (κ2) is 9.34. The van der Waals surface area contributed by atoms with Crippen molar-refractivity contribution in [3.05, 3.63) is 64.8 Å². The van der Waals surface area contributed by atoms with Crippen LogP contribution >= 0.6 is 0 Å². The van der Waals surface area contributed by atoms with Gasteiger partial charge in [-0.05, 0) is 55.2 Å². The van der Waals surface area contributed by atoms with Gasteiger partial charge in [-0.25, -0.2) is 14.2 Å². The Balaban J connectivity index is 1.44. The molecule has 2 aromatic heterocycles. The number of pyridine rings is 1. The lowest BCUT2D eigenvalue weighted by Crippen LogP contribution is -2.42. The molecular formula is C24H23FN4O5. The van der Waals surface area contributed by atoms with Crippen LogP contribution < -0.4 is 10.6 Å². The molecule has 0 fully saturated rings. The molecule has 0 spiro atoms. The van der Waals surface area contributed by atoms with Crippen molar-refractivity contribution in [3.8, 4) is 0 Å². The van der Waals surface area contributed by atoms with Crippen molar-refractivity contribution in [2.45, 2.75) is 32.4 Å². The summed E-state index contributed by atoms with van der Waals surface area (Å²) in [4.78, 5) is 41.4. The molecule has 34 heavy (non-hydrogen) atoms. The second-order valence-electron chi connectivity index (χ2n) is 8.10. The number of anilines is 1. The number of likely N-dealkylation sites (N-methyl/N-ethyl adjacent to an activating group) is 1. The summed E-state index contributed by atoms with van der Waals surface area (Å²) in [5.74, 6) is -0.233. The predicted molar refractivity (Wildman–Crippen MR) is 123 cm³/mol. The Bertz CT molecular complexity index is 1320. The third kappa shape index (κ3) is 4.75. The van der Waals surface area contributed by atoms with E-state index >= 15 is 0 Å². The van der Waals surface area contributed by atoms with E-state index in [1.165, 1.54) is 23.2 Å². The fraction of sp³-hybridized carbons (Fsp3) is 0.250. The minimum absolute atomic E-state index is 0.176. The summed E-state index contributed by atoms with van der Waals surface area (Å²) in [6.07, 6.45) is 3.97. The molecule has 3 N–H and O–H groups in total. The van der Waals surface area contributed by atoms with Crippen molar-refractivity contribution in [1.29, 1.82) is 0 Å². The van der Waals surface area contributed by atoms with E-state index < -0.39 is 18.0 Å². The number of nitrogens with zero attached hydrogens (tertiary/aromatic N) is 2. The molecule has 1 aliphatic heterocycles. The zero-order chi connectivity index (χ0) is 24.4. The molecule has 1 aliphatic rings. The molecular weight excluding hydrogens is 443 g/mol. The molecule has 0 bridgehead atoms. The van der Waals surface area contributed by atoms with Gasteiger partial charge in [0.25, 0.3) is 0 Å². The number of carbonyl (C=O) groups is 3. The molecule has 3 heterocycles. The van der Waals surface area contributed by atoms with Crippen molar-refractivity contribution in [2.24, 2.45) is 0 Å².